The summed E-state index contributed by atoms with van der Waals surface area (Å²) in [6, 6.07) is 11.8. The number of benzene rings is 2. The van der Waals surface area contributed by atoms with E-state index in [0.29, 0.717) is 30.2 Å². The van der Waals surface area contributed by atoms with Crippen molar-refractivity contribution in [1.82, 2.24) is 10.2 Å². The smallest absolute Gasteiger partial charge is 0.254 e. The van der Waals surface area contributed by atoms with Crippen LogP contribution in [0.5, 0.6) is 11.5 Å². The Morgan fingerprint density at radius 2 is 1.83 bits per heavy atom. The number of carbonyl (C=O) groups excluding carboxylic acids is 1. The van der Waals surface area contributed by atoms with Crippen LogP contribution >= 0.6 is 0 Å². The molecule has 1 fully saturated rings. The van der Waals surface area contributed by atoms with Gasteiger partial charge in [-0.3, -0.25) is 4.79 Å². The standard InChI is InChI=1S/C24H29FN2O3/c1-17(11-18-6-8-20(25)9-7-18)15-27(16-21-5-4-10-26-21)24(28)19-12-22(29-2)14-23(13-19)30-3/h6-9,11-14,21,26H,4-5,10,15-16H2,1-3H3/b17-11-. The fraction of sp³-hybridized carbons (Fsp3) is 0.375. The molecular formula is C24H29FN2O3. The van der Waals surface area contributed by atoms with Crippen molar-refractivity contribution in [2.24, 2.45) is 0 Å². The van der Waals surface area contributed by atoms with Crippen molar-refractivity contribution in [3.8, 4) is 11.5 Å². The molecule has 1 unspecified atom stereocenters. The Kier molecular flexibility index (Phi) is 7.46. The minimum atomic E-state index is -0.263. The SMILES string of the molecule is COc1cc(OC)cc(C(=O)N(C/C(C)=C\c2ccc(F)cc2)CC2CCCN2)c1. The van der Waals surface area contributed by atoms with Crippen LogP contribution in [0.15, 0.2) is 48.0 Å². The van der Waals surface area contributed by atoms with E-state index in [9.17, 15) is 9.18 Å². The van der Waals surface area contributed by atoms with Crippen molar-refractivity contribution in [3.63, 3.8) is 0 Å². The Labute approximate surface area is 177 Å². The molecule has 0 saturated carbocycles. The van der Waals surface area contributed by atoms with Crippen LogP contribution < -0.4 is 14.8 Å². The van der Waals surface area contributed by atoms with Gasteiger partial charge in [0.1, 0.15) is 17.3 Å². The summed E-state index contributed by atoms with van der Waals surface area (Å²) in [4.78, 5) is 15.3. The molecule has 0 spiro atoms. The zero-order valence-electron chi connectivity index (χ0n) is 17.8. The minimum Gasteiger partial charge on any atom is -0.497 e. The maximum Gasteiger partial charge on any atom is 0.254 e. The van der Waals surface area contributed by atoms with E-state index in [-0.39, 0.29) is 17.8 Å². The van der Waals surface area contributed by atoms with E-state index in [0.717, 1.165) is 30.5 Å². The summed E-state index contributed by atoms with van der Waals surface area (Å²) in [6.45, 7) is 4.06. The molecule has 0 radical (unpaired) electrons. The molecule has 3 rings (SSSR count). The molecule has 1 aliphatic rings. The second-order valence-electron chi connectivity index (χ2n) is 7.62. The van der Waals surface area contributed by atoms with Crippen molar-refractivity contribution in [2.45, 2.75) is 25.8 Å². The van der Waals surface area contributed by atoms with Crippen LogP contribution in [0.4, 0.5) is 4.39 Å². The first-order chi connectivity index (χ1) is 14.5. The lowest BCUT2D eigenvalue weighted by molar-refractivity contribution is 0.0756. The fourth-order valence-corrected chi connectivity index (χ4v) is 3.70. The molecule has 1 N–H and O–H groups in total. The number of nitrogens with one attached hydrogen (secondary N) is 1. The molecule has 1 atom stereocenters. The molecule has 1 amide bonds. The van der Waals surface area contributed by atoms with E-state index < -0.39 is 0 Å². The summed E-state index contributed by atoms with van der Waals surface area (Å²) in [5.74, 6) is 0.819. The summed E-state index contributed by atoms with van der Waals surface area (Å²) < 4.78 is 23.8. The molecule has 0 aliphatic carbocycles. The Morgan fingerprint density at radius 1 is 1.17 bits per heavy atom. The van der Waals surface area contributed by atoms with Gasteiger partial charge in [0, 0.05) is 30.8 Å². The van der Waals surface area contributed by atoms with Gasteiger partial charge in [-0.1, -0.05) is 23.8 Å². The van der Waals surface area contributed by atoms with E-state index in [1.165, 1.54) is 12.1 Å². The third-order valence-corrected chi connectivity index (χ3v) is 5.21. The second-order valence-corrected chi connectivity index (χ2v) is 7.62. The van der Waals surface area contributed by atoms with E-state index >= 15 is 0 Å². The number of ether oxygens (including phenoxy) is 2. The first-order valence-corrected chi connectivity index (χ1v) is 10.2. The third kappa shape index (κ3) is 5.83. The molecule has 5 nitrogen and oxygen atoms in total. The number of hydrogen-bond acceptors (Lipinski definition) is 4. The lowest BCUT2D eigenvalue weighted by Gasteiger charge is -2.27. The highest BCUT2D eigenvalue weighted by atomic mass is 19.1. The Morgan fingerprint density at radius 3 is 2.40 bits per heavy atom. The van der Waals surface area contributed by atoms with Crippen LogP contribution in [-0.2, 0) is 0 Å². The van der Waals surface area contributed by atoms with Gasteiger partial charge in [0.15, 0.2) is 0 Å². The number of amides is 1. The highest BCUT2D eigenvalue weighted by Crippen LogP contribution is 2.24. The normalized spacial score (nSPS) is 16.4. The van der Waals surface area contributed by atoms with Gasteiger partial charge in [-0.25, -0.2) is 4.39 Å². The zero-order valence-corrected chi connectivity index (χ0v) is 17.8. The van der Waals surface area contributed by atoms with Gasteiger partial charge >= 0.3 is 0 Å². The monoisotopic (exact) mass is 412 g/mol. The van der Waals surface area contributed by atoms with E-state index in [1.807, 2.05) is 17.9 Å². The first kappa shape index (κ1) is 21.8. The zero-order chi connectivity index (χ0) is 21.5. The van der Waals surface area contributed by atoms with Crippen LogP contribution in [0.1, 0.15) is 35.7 Å². The van der Waals surface area contributed by atoms with Crippen LogP contribution in [0.3, 0.4) is 0 Å². The van der Waals surface area contributed by atoms with Crippen molar-refractivity contribution in [2.75, 3.05) is 33.9 Å². The van der Waals surface area contributed by atoms with Gasteiger partial charge in [0.25, 0.3) is 5.91 Å². The average Bonchev–Trinajstić information content (AvgIpc) is 3.27. The van der Waals surface area contributed by atoms with Gasteiger partial charge in [-0.2, -0.15) is 0 Å². The van der Waals surface area contributed by atoms with Gasteiger partial charge in [0.05, 0.1) is 14.2 Å². The summed E-state index contributed by atoms with van der Waals surface area (Å²) in [5.41, 5.74) is 2.45. The van der Waals surface area contributed by atoms with Crippen LogP contribution in [0.25, 0.3) is 6.08 Å². The molecule has 160 valence electrons. The first-order valence-electron chi connectivity index (χ1n) is 10.2. The molecule has 1 heterocycles. The van der Waals surface area contributed by atoms with Gasteiger partial charge in [0.2, 0.25) is 0 Å². The Bertz CT molecular complexity index is 868. The van der Waals surface area contributed by atoms with Crippen LogP contribution in [0, 0.1) is 5.82 Å². The Balaban J connectivity index is 1.84. The van der Waals surface area contributed by atoms with E-state index in [1.54, 1.807) is 44.6 Å². The van der Waals surface area contributed by atoms with Gasteiger partial charge in [-0.05, 0) is 56.1 Å². The van der Waals surface area contributed by atoms with Crippen LogP contribution in [-0.4, -0.2) is 50.7 Å². The highest BCUT2D eigenvalue weighted by Gasteiger charge is 2.23. The van der Waals surface area contributed by atoms with Crippen molar-refractivity contribution >= 4 is 12.0 Å². The largest absolute Gasteiger partial charge is 0.497 e. The molecule has 30 heavy (non-hydrogen) atoms. The molecule has 0 aromatic heterocycles. The molecule has 2 aromatic rings. The number of methoxy groups -OCH3 is 2. The molecule has 6 heteroatoms. The lowest BCUT2D eigenvalue weighted by Crippen LogP contribution is -2.42. The molecule has 1 aliphatic heterocycles. The van der Waals surface area contributed by atoms with E-state index in [4.69, 9.17) is 9.47 Å². The van der Waals surface area contributed by atoms with E-state index in [2.05, 4.69) is 5.32 Å². The number of nitrogens with zero attached hydrogens (tertiary/aromatic N) is 1. The van der Waals surface area contributed by atoms with Crippen LogP contribution in [0.2, 0.25) is 0 Å². The highest BCUT2D eigenvalue weighted by molar-refractivity contribution is 5.95. The maximum absolute atomic E-state index is 13.4. The average molecular weight is 413 g/mol. The fourth-order valence-electron chi connectivity index (χ4n) is 3.70. The topological polar surface area (TPSA) is 50.8 Å². The summed E-state index contributed by atoms with van der Waals surface area (Å²) in [6.07, 6.45) is 4.14. The number of hydrogen-bond donors (Lipinski definition) is 1. The molecule has 0 bridgehead atoms. The Hall–Kier alpha value is -2.86. The quantitative estimate of drug-likeness (QED) is 0.708. The molecule has 1 saturated heterocycles. The summed E-state index contributed by atoms with van der Waals surface area (Å²) in [7, 11) is 3.14. The van der Waals surface area contributed by atoms with Crippen molar-refractivity contribution in [1.29, 1.82) is 0 Å². The number of carbonyl (C=O) groups is 1. The lowest BCUT2D eigenvalue weighted by atomic mass is 10.1. The predicted octanol–water partition coefficient (Wildman–Crippen LogP) is 4.14. The number of rotatable bonds is 8. The van der Waals surface area contributed by atoms with Crippen molar-refractivity contribution < 1.29 is 18.7 Å². The van der Waals surface area contributed by atoms with Gasteiger partial charge in [-0.15, -0.1) is 0 Å². The summed E-state index contributed by atoms with van der Waals surface area (Å²) in [5, 5.41) is 3.46. The molecule has 2 aromatic carbocycles. The third-order valence-electron chi connectivity index (χ3n) is 5.21. The molecular weight excluding hydrogens is 383 g/mol. The number of halogens is 1. The minimum absolute atomic E-state index is 0.0762. The van der Waals surface area contributed by atoms with Gasteiger partial charge < -0.3 is 19.7 Å². The predicted molar refractivity (Wildman–Crippen MR) is 117 cm³/mol. The second kappa shape index (κ2) is 10.3. The summed E-state index contributed by atoms with van der Waals surface area (Å²) >= 11 is 0. The maximum atomic E-state index is 13.4. The van der Waals surface area contributed by atoms with Crippen molar-refractivity contribution in [3.05, 3.63) is 65.0 Å².